The Morgan fingerprint density at radius 3 is 2.50 bits per heavy atom. The summed E-state index contributed by atoms with van der Waals surface area (Å²) in [4.78, 5) is 24.2. The van der Waals surface area contributed by atoms with Crippen molar-refractivity contribution in [3.63, 3.8) is 0 Å². The third-order valence-electron chi connectivity index (χ3n) is 5.78. The second-order valence-electron chi connectivity index (χ2n) is 8.11. The van der Waals surface area contributed by atoms with Crippen molar-refractivity contribution >= 4 is 23.2 Å². The van der Waals surface area contributed by atoms with E-state index < -0.39 is 17.6 Å². The molecule has 0 atom stereocenters. The fraction of sp³-hybridized carbons (Fsp3) is 0.250. The van der Waals surface area contributed by atoms with Crippen LogP contribution in [0.2, 0.25) is 0 Å². The summed E-state index contributed by atoms with van der Waals surface area (Å²) < 4.78 is 41.9. The molecule has 1 aromatic carbocycles. The topological polar surface area (TPSA) is 75.4 Å². The van der Waals surface area contributed by atoms with Crippen LogP contribution in [0, 0.1) is 6.92 Å². The van der Waals surface area contributed by atoms with Gasteiger partial charge < -0.3 is 10.2 Å². The number of aromatic nitrogens is 4. The Morgan fingerprint density at radius 1 is 0.971 bits per heavy atom. The van der Waals surface area contributed by atoms with Gasteiger partial charge in [-0.3, -0.25) is 4.79 Å². The molecule has 10 heteroatoms. The van der Waals surface area contributed by atoms with Crippen molar-refractivity contribution in [2.45, 2.75) is 25.9 Å². The minimum Gasteiger partial charge on any atom is -0.357 e. The Kier molecular flexibility index (Phi) is 5.43. The zero-order valence-corrected chi connectivity index (χ0v) is 18.3. The predicted molar refractivity (Wildman–Crippen MR) is 122 cm³/mol. The molecule has 1 N–H and O–H groups in total. The van der Waals surface area contributed by atoms with E-state index in [0.717, 1.165) is 37.8 Å². The monoisotopic (exact) mass is 466 g/mol. The first-order valence-corrected chi connectivity index (χ1v) is 10.9. The van der Waals surface area contributed by atoms with Crippen molar-refractivity contribution in [1.29, 1.82) is 0 Å². The van der Waals surface area contributed by atoms with Crippen molar-refractivity contribution in [2.24, 2.45) is 0 Å². The molecule has 7 nitrogen and oxygen atoms in total. The Bertz CT molecular complexity index is 1370. The maximum atomic E-state index is 13.5. The molecule has 4 aromatic rings. The Morgan fingerprint density at radius 2 is 1.74 bits per heavy atom. The number of alkyl halides is 3. The molecule has 0 spiro atoms. The molecule has 0 radical (unpaired) electrons. The highest BCUT2D eigenvalue weighted by Gasteiger charge is 2.34. The maximum absolute atomic E-state index is 13.5. The van der Waals surface area contributed by atoms with E-state index in [1.165, 1.54) is 28.8 Å². The fourth-order valence-electron chi connectivity index (χ4n) is 4.19. The molecule has 5 rings (SSSR count). The zero-order chi connectivity index (χ0) is 23.9. The van der Waals surface area contributed by atoms with Gasteiger partial charge in [0.05, 0.1) is 17.0 Å². The molecule has 1 aliphatic heterocycles. The molecule has 1 amide bonds. The normalized spacial score (nSPS) is 14.1. The highest BCUT2D eigenvalue weighted by atomic mass is 19.4. The van der Waals surface area contributed by atoms with Gasteiger partial charge in [-0.15, -0.1) is 0 Å². The molecule has 34 heavy (non-hydrogen) atoms. The summed E-state index contributed by atoms with van der Waals surface area (Å²) >= 11 is 0. The Balaban J connectivity index is 1.51. The van der Waals surface area contributed by atoms with Gasteiger partial charge in [-0.25, -0.2) is 14.5 Å². The molecular formula is C24H21F3N6O. The van der Waals surface area contributed by atoms with Crippen molar-refractivity contribution < 1.29 is 18.0 Å². The van der Waals surface area contributed by atoms with Crippen LogP contribution in [0.25, 0.3) is 16.9 Å². The number of carbonyl (C=O) groups excluding carboxylic acids is 1. The number of benzene rings is 1. The number of hydrogen-bond donors (Lipinski definition) is 1. The van der Waals surface area contributed by atoms with Crippen LogP contribution in [0.3, 0.4) is 0 Å². The van der Waals surface area contributed by atoms with Crippen LogP contribution in [0.1, 0.15) is 34.6 Å². The number of carbonyl (C=O) groups is 1. The summed E-state index contributed by atoms with van der Waals surface area (Å²) in [5.41, 5.74) is 0.106. The van der Waals surface area contributed by atoms with E-state index in [2.05, 4.69) is 25.3 Å². The summed E-state index contributed by atoms with van der Waals surface area (Å²) in [6, 6.07) is 13.6. The average molecular weight is 466 g/mol. The number of anilines is 2. The van der Waals surface area contributed by atoms with Gasteiger partial charge in [-0.1, -0.05) is 24.3 Å². The lowest BCUT2D eigenvalue weighted by atomic mass is 10.0. The first kappa shape index (κ1) is 21.9. The van der Waals surface area contributed by atoms with Gasteiger partial charge >= 0.3 is 6.18 Å². The molecule has 0 saturated carbocycles. The van der Waals surface area contributed by atoms with Crippen molar-refractivity contribution in [2.75, 3.05) is 23.3 Å². The van der Waals surface area contributed by atoms with E-state index in [1.54, 1.807) is 19.1 Å². The number of fused-ring (bicyclic) bond motifs is 1. The Hall–Kier alpha value is -3.95. The summed E-state index contributed by atoms with van der Waals surface area (Å²) in [6.45, 7) is 3.49. The van der Waals surface area contributed by atoms with Gasteiger partial charge in [0.1, 0.15) is 11.6 Å². The molecule has 3 aromatic heterocycles. The number of nitrogens with zero attached hydrogens (tertiary/aromatic N) is 5. The predicted octanol–water partition coefficient (Wildman–Crippen LogP) is 4.97. The number of amides is 1. The lowest BCUT2D eigenvalue weighted by Crippen LogP contribution is -2.21. The first-order chi connectivity index (χ1) is 16.3. The van der Waals surface area contributed by atoms with Gasteiger partial charge in [-0.05, 0) is 50.1 Å². The number of rotatable bonds is 4. The minimum atomic E-state index is -4.54. The van der Waals surface area contributed by atoms with Gasteiger partial charge in [-0.2, -0.15) is 18.3 Å². The molecular weight excluding hydrogens is 445 g/mol. The number of hydrogen-bond acceptors (Lipinski definition) is 5. The van der Waals surface area contributed by atoms with Crippen LogP contribution >= 0.6 is 0 Å². The van der Waals surface area contributed by atoms with Crippen LogP contribution in [0.5, 0.6) is 0 Å². The zero-order valence-electron chi connectivity index (χ0n) is 18.3. The third kappa shape index (κ3) is 4.07. The lowest BCUT2D eigenvalue weighted by molar-refractivity contribution is -0.137. The smallest absolute Gasteiger partial charge is 0.357 e. The van der Waals surface area contributed by atoms with E-state index in [1.807, 2.05) is 12.1 Å². The second-order valence-corrected chi connectivity index (χ2v) is 8.11. The lowest BCUT2D eigenvalue weighted by Gasteiger charge is -2.17. The largest absolute Gasteiger partial charge is 0.417 e. The highest BCUT2D eigenvalue weighted by Crippen LogP contribution is 2.36. The van der Waals surface area contributed by atoms with Crippen LogP contribution in [0.15, 0.2) is 54.6 Å². The van der Waals surface area contributed by atoms with E-state index in [0.29, 0.717) is 17.2 Å². The van der Waals surface area contributed by atoms with E-state index in [4.69, 9.17) is 0 Å². The van der Waals surface area contributed by atoms with E-state index in [9.17, 15) is 18.0 Å². The summed E-state index contributed by atoms with van der Waals surface area (Å²) in [7, 11) is 0. The minimum absolute atomic E-state index is 0.0745. The van der Waals surface area contributed by atoms with Gasteiger partial charge in [0.2, 0.25) is 0 Å². The first-order valence-electron chi connectivity index (χ1n) is 10.9. The second kappa shape index (κ2) is 8.44. The van der Waals surface area contributed by atoms with Crippen LogP contribution < -0.4 is 10.2 Å². The van der Waals surface area contributed by atoms with E-state index >= 15 is 0 Å². The average Bonchev–Trinajstić information content (AvgIpc) is 3.45. The number of halogens is 3. The summed E-state index contributed by atoms with van der Waals surface area (Å²) in [6.07, 6.45) is -2.33. The van der Waals surface area contributed by atoms with Crippen LogP contribution in [0.4, 0.5) is 24.8 Å². The van der Waals surface area contributed by atoms with Crippen molar-refractivity contribution in [1.82, 2.24) is 19.6 Å². The van der Waals surface area contributed by atoms with Gasteiger partial charge in [0, 0.05) is 18.7 Å². The number of nitrogens with one attached hydrogen (secondary N) is 1. The van der Waals surface area contributed by atoms with Crippen molar-refractivity contribution in [3.05, 3.63) is 71.5 Å². The van der Waals surface area contributed by atoms with Gasteiger partial charge in [0.15, 0.2) is 11.3 Å². The van der Waals surface area contributed by atoms with Gasteiger partial charge in [0.25, 0.3) is 5.91 Å². The molecule has 174 valence electrons. The third-order valence-corrected chi connectivity index (χ3v) is 5.78. The Labute approximate surface area is 193 Å². The number of pyridine rings is 1. The van der Waals surface area contributed by atoms with Crippen LogP contribution in [-0.4, -0.2) is 38.6 Å². The highest BCUT2D eigenvalue weighted by molar-refractivity contribution is 6.04. The quantitative estimate of drug-likeness (QED) is 0.460. The molecule has 1 aliphatic rings. The molecule has 4 heterocycles. The number of aryl methyl sites for hydroxylation is 1. The maximum Gasteiger partial charge on any atom is 0.417 e. The molecule has 0 aliphatic carbocycles. The number of imidazole rings is 1. The van der Waals surface area contributed by atoms with Crippen molar-refractivity contribution in [3.8, 4) is 11.3 Å². The molecule has 0 bridgehead atoms. The molecule has 0 unspecified atom stereocenters. The summed E-state index contributed by atoms with van der Waals surface area (Å²) in [5, 5.41) is 7.13. The molecule has 1 saturated heterocycles. The SMILES string of the molecule is Cc1nc2ccc(-c3ccccc3C(F)(F)F)nn2c1C(=O)Nc1cccc(N2CCCC2)n1. The molecule has 1 fully saturated rings. The summed E-state index contributed by atoms with van der Waals surface area (Å²) in [5.74, 6) is 0.668. The van der Waals surface area contributed by atoms with E-state index in [-0.39, 0.29) is 17.0 Å². The van der Waals surface area contributed by atoms with Crippen LogP contribution in [-0.2, 0) is 6.18 Å². The standard InChI is InChI=1S/C24H21F3N6O/c1-15-22(23(34)30-19-9-6-10-20(29-19)32-13-4-5-14-32)33-21(28-15)12-11-18(31-33)16-7-2-3-8-17(16)24(25,26)27/h2-3,6-12H,4-5,13-14H2,1H3,(H,29,30,34). The fourth-order valence-corrected chi connectivity index (χ4v) is 4.19.